The lowest BCUT2D eigenvalue weighted by atomic mass is 10.0. The van der Waals surface area contributed by atoms with Crippen molar-refractivity contribution in [1.82, 2.24) is 4.57 Å². The minimum Gasteiger partial charge on any atom is -0.234 e. The second-order valence-corrected chi connectivity index (χ2v) is 11.7. The van der Waals surface area contributed by atoms with Crippen LogP contribution >= 0.6 is 0 Å². The minimum atomic E-state index is 1.20. The number of nitrogens with zero attached hydrogens (tertiary/aromatic N) is 2. The Morgan fingerprint density at radius 2 is 0.806 bits per heavy atom. The number of aromatic nitrogens is 2. The van der Waals surface area contributed by atoms with Crippen LogP contribution in [0.4, 0.5) is 0 Å². The standard InChI is InChI=1S/C34H67N2/c1-4-6-8-10-12-14-16-18-20-22-24-26-28-30-35-32-33-36(34(35)3)31-29-27-25-23-21-19-17-15-13-11-9-7-5-2/h32-33H,4-31H2,1-3H3/q+1. The molecule has 2 heteroatoms. The second kappa shape index (κ2) is 25.8. The van der Waals surface area contributed by atoms with Gasteiger partial charge in [0.2, 0.25) is 0 Å². The Kier molecular flexibility index (Phi) is 23.9. The van der Waals surface area contributed by atoms with Crippen LogP contribution in [0, 0.1) is 6.92 Å². The number of aryl methyl sites for hydroxylation is 2. The van der Waals surface area contributed by atoms with Crippen molar-refractivity contribution >= 4 is 0 Å². The molecule has 0 atom stereocenters. The molecule has 0 bridgehead atoms. The molecular weight excluding hydrogens is 436 g/mol. The van der Waals surface area contributed by atoms with Crippen LogP contribution in [0.3, 0.4) is 0 Å². The highest BCUT2D eigenvalue weighted by Crippen LogP contribution is 2.14. The summed E-state index contributed by atoms with van der Waals surface area (Å²) in [5, 5.41) is 0. The van der Waals surface area contributed by atoms with Gasteiger partial charge in [0.25, 0.3) is 5.82 Å². The maximum Gasteiger partial charge on any atom is 0.253 e. The Hall–Kier alpha value is -0.790. The zero-order valence-electron chi connectivity index (χ0n) is 25.3. The third kappa shape index (κ3) is 19.3. The van der Waals surface area contributed by atoms with Gasteiger partial charge in [0, 0.05) is 6.92 Å². The third-order valence-electron chi connectivity index (χ3n) is 8.26. The van der Waals surface area contributed by atoms with Crippen LogP contribution in [-0.4, -0.2) is 4.57 Å². The molecule has 0 aliphatic rings. The molecule has 0 amide bonds. The van der Waals surface area contributed by atoms with Gasteiger partial charge in [-0.2, -0.15) is 0 Å². The predicted molar refractivity (Wildman–Crippen MR) is 161 cm³/mol. The summed E-state index contributed by atoms with van der Waals surface area (Å²) >= 11 is 0. The molecule has 0 N–H and O–H groups in total. The van der Waals surface area contributed by atoms with Gasteiger partial charge in [-0.3, -0.25) is 0 Å². The molecule has 1 aromatic rings. The topological polar surface area (TPSA) is 8.81 Å². The highest BCUT2D eigenvalue weighted by molar-refractivity contribution is 4.79. The van der Waals surface area contributed by atoms with E-state index in [1.165, 1.54) is 186 Å². The number of rotatable bonds is 28. The number of unbranched alkanes of at least 4 members (excludes halogenated alkanes) is 24. The monoisotopic (exact) mass is 504 g/mol. The molecule has 0 aliphatic carbocycles. The molecule has 0 radical (unpaired) electrons. The van der Waals surface area contributed by atoms with E-state index < -0.39 is 0 Å². The lowest BCUT2D eigenvalue weighted by molar-refractivity contribution is -0.702. The quantitative estimate of drug-likeness (QED) is 0.0794. The van der Waals surface area contributed by atoms with Gasteiger partial charge in [0.1, 0.15) is 12.4 Å². The molecule has 2 nitrogen and oxygen atoms in total. The second-order valence-electron chi connectivity index (χ2n) is 11.7. The number of imidazole rings is 1. The van der Waals surface area contributed by atoms with Crippen molar-refractivity contribution < 1.29 is 4.57 Å². The minimum absolute atomic E-state index is 1.20. The Labute approximate surface area is 228 Å². The van der Waals surface area contributed by atoms with E-state index in [9.17, 15) is 0 Å². The summed E-state index contributed by atoms with van der Waals surface area (Å²) in [6.07, 6.45) is 41.9. The lowest BCUT2D eigenvalue weighted by Gasteiger charge is -2.04. The van der Waals surface area contributed by atoms with Crippen LogP contribution in [0.5, 0.6) is 0 Å². The van der Waals surface area contributed by atoms with E-state index in [-0.39, 0.29) is 0 Å². The summed E-state index contributed by atoms with van der Waals surface area (Å²) in [7, 11) is 0. The van der Waals surface area contributed by atoms with E-state index in [1.807, 2.05) is 0 Å². The molecule has 36 heavy (non-hydrogen) atoms. The molecule has 0 fully saturated rings. The molecule has 0 saturated carbocycles. The Morgan fingerprint density at radius 1 is 0.472 bits per heavy atom. The highest BCUT2D eigenvalue weighted by atomic mass is 15.1. The normalized spacial score (nSPS) is 11.5. The Bertz CT molecular complexity index is 514. The first-order valence-corrected chi connectivity index (χ1v) is 16.8. The van der Waals surface area contributed by atoms with E-state index in [0.29, 0.717) is 0 Å². The van der Waals surface area contributed by atoms with Gasteiger partial charge in [-0.05, 0) is 25.7 Å². The van der Waals surface area contributed by atoms with E-state index in [1.54, 1.807) is 0 Å². The average molecular weight is 504 g/mol. The maximum atomic E-state index is 2.49. The molecule has 212 valence electrons. The molecule has 0 aromatic carbocycles. The Balaban J connectivity index is 1.90. The molecular formula is C34H67N2+. The lowest BCUT2D eigenvalue weighted by Crippen LogP contribution is -2.35. The SMILES string of the molecule is CCCCCCCCCCCCCCCn1cc[n+](CCCCCCCCCCCCCCC)c1C. The van der Waals surface area contributed by atoms with Gasteiger partial charge >= 0.3 is 0 Å². The van der Waals surface area contributed by atoms with E-state index in [0.717, 1.165) is 0 Å². The van der Waals surface area contributed by atoms with Crippen molar-refractivity contribution in [2.75, 3.05) is 0 Å². The van der Waals surface area contributed by atoms with Crippen molar-refractivity contribution in [1.29, 1.82) is 0 Å². The van der Waals surface area contributed by atoms with Gasteiger partial charge in [-0.15, -0.1) is 0 Å². The number of hydrogen-bond acceptors (Lipinski definition) is 0. The Morgan fingerprint density at radius 3 is 1.19 bits per heavy atom. The summed E-state index contributed by atoms with van der Waals surface area (Å²) in [5.74, 6) is 1.45. The first-order chi connectivity index (χ1) is 17.8. The summed E-state index contributed by atoms with van der Waals surface area (Å²) < 4.78 is 4.97. The third-order valence-corrected chi connectivity index (χ3v) is 8.26. The van der Waals surface area contributed by atoms with Crippen molar-refractivity contribution in [3.05, 3.63) is 18.2 Å². The fraction of sp³-hybridized carbons (Fsp3) is 0.912. The van der Waals surface area contributed by atoms with E-state index in [2.05, 4.69) is 42.3 Å². The number of hydrogen-bond donors (Lipinski definition) is 0. The first-order valence-electron chi connectivity index (χ1n) is 16.8. The summed E-state index contributed by atoms with van der Waals surface area (Å²) in [6.45, 7) is 9.32. The van der Waals surface area contributed by atoms with Crippen molar-refractivity contribution in [2.45, 2.75) is 201 Å². The molecule has 0 spiro atoms. The molecule has 1 rings (SSSR count). The zero-order chi connectivity index (χ0) is 25.9. The van der Waals surface area contributed by atoms with Crippen molar-refractivity contribution in [3.8, 4) is 0 Å². The van der Waals surface area contributed by atoms with Crippen LogP contribution < -0.4 is 4.57 Å². The molecule has 1 heterocycles. The van der Waals surface area contributed by atoms with Crippen molar-refractivity contribution in [2.24, 2.45) is 0 Å². The van der Waals surface area contributed by atoms with Crippen LogP contribution in [0.2, 0.25) is 0 Å². The first kappa shape index (κ1) is 33.2. The van der Waals surface area contributed by atoms with Gasteiger partial charge in [0.05, 0.1) is 13.1 Å². The van der Waals surface area contributed by atoms with Crippen LogP contribution in [0.15, 0.2) is 12.4 Å². The summed E-state index contributed by atoms with van der Waals surface area (Å²) in [5.41, 5.74) is 0. The fourth-order valence-corrected chi connectivity index (χ4v) is 5.61. The van der Waals surface area contributed by atoms with Crippen LogP contribution in [0.1, 0.15) is 187 Å². The van der Waals surface area contributed by atoms with Gasteiger partial charge in [-0.1, -0.05) is 155 Å². The average Bonchev–Trinajstić information content (AvgIpc) is 3.23. The largest absolute Gasteiger partial charge is 0.253 e. The smallest absolute Gasteiger partial charge is 0.234 e. The maximum absolute atomic E-state index is 2.49. The van der Waals surface area contributed by atoms with Gasteiger partial charge < -0.3 is 0 Å². The van der Waals surface area contributed by atoms with Crippen LogP contribution in [-0.2, 0) is 13.1 Å². The summed E-state index contributed by atoms with van der Waals surface area (Å²) in [6, 6.07) is 0. The van der Waals surface area contributed by atoms with E-state index >= 15 is 0 Å². The fourth-order valence-electron chi connectivity index (χ4n) is 5.61. The highest BCUT2D eigenvalue weighted by Gasteiger charge is 2.11. The van der Waals surface area contributed by atoms with E-state index in [4.69, 9.17) is 0 Å². The molecule has 0 saturated heterocycles. The molecule has 1 aromatic heterocycles. The summed E-state index contributed by atoms with van der Waals surface area (Å²) in [4.78, 5) is 0. The zero-order valence-corrected chi connectivity index (χ0v) is 25.3. The van der Waals surface area contributed by atoms with Gasteiger partial charge in [-0.25, -0.2) is 9.13 Å². The van der Waals surface area contributed by atoms with Crippen LogP contribution in [0.25, 0.3) is 0 Å². The van der Waals surface area contributed by atoms with Crippen molar-refractivity contribution in [3.63, 3.8) is 0 Å². The molecule has 0 unspecified atom stereocenters. The van der Waals surface area contributed by atoms with Gasteiger partial charge in [0.15, 0.2) is 0 Å². The molecule has 0 aliphatic heterocycles. The predicted octanol–water partition coefficient (Wildman–Crippen LogP) is 11.3.